The van der Waals surface area contributed by atoms with E-state index in [1.807, 2.05) is 13.8 Å². The zero-order valence-electron chi connectivity index (χ0n) is 10.7. The lowest BCUT2D eigenvalue weighted by Gasteiger charge is -2.24. The molecule has 0 N–H and O–H groups in total. The summed E-state index contributed by atoms with van der Waals surface area (Å²) in [7, 11) is 0. The second kappa shape index (κ2) is 5.01. The van der Waals surface area contributed by atoms with Crippen LogP contribution in [0.1, 0.15) is 44.2 Å². The SMILES string of the molecule is CC.CCN1CC2CC1Cc1ccccc12. The van der Waals surface area contributed by atoms with Crippen molar-refractivity contribution in [3.63, 3.8) is 0 Å². The Bertz CT molecular complexity index is 345. The van der Waals surface area contributed by atoms with Gasteiger partial charge in [-0.1, -0.05) is 45.0 Å². The first kappa shape index (κ1) is 11.7. The second-order valence-electron chi connectivity index (χ2n) is 4.58. The number of fused-ring (bicyclic) bond motifs is 4. The average Bonchev–Trinajstić information content (AvgIpc) is 2.70. The minimum absolute atomic E-state index is 0.824. The Balaban J connectivity index is 0.000000457. The third kappa shape index (κ3) is 1.89. The molecule has 16 heavy (non-hydrogen) atoms. The Hall–Kier alpha value is -0.820. The van der Waals surface area contributed by atoms with Gasteiger partial charge in [-0.2, -0.15) is 0 Å². The van der Waals surface area contributed by atoms with E-state index in [0.717, 1.165) is 12.0 Å². The summed E-state index contributed by atoms with van der Waals surface area (Å²) < 4.78 is 0. The first-order chi connectivity index (χ1) is 7.88. The van der Waals surface area contributed by atoms with E-state index in [1.54, 1.807) is 11.1 Å². The molecule has 1 aromatic rings. The van der Waals surface area contributed by atoms with Gasteiger partial charge in [-0.15, -0.1) is 0 Å². The van der Waals surface area contributed by atoms with Crippen LogP contribution in [0.5, 0.6) is 0 Å². The van der Waals surface area contributed by atoms with Crippen LogP contribution >= 0.6 is 0 Å². The zero-order chi connectivity index (χ0) is 11.5. The van der Waals surface area contributed by atoms with E-state index in [4.69, 9.17) is 0 Å². The smallest absolute Gasteiger partial charge is 0.0142 e. The van der Waals surface area contributed by atoms with Crippen LogP contribution in [-0.2, 0) is 6.42 Å². The van der Waals surface area contributed by atoms with Gasteiger partial charge in [-0.25, -0.2) is 0 Å². The van der Waals surface area contributed by atoms with Gasteiger partial charge in [0.25, 0.3) is 0 Å². The number of likely N-dealkylation sites (N-methyl/N-ethyl adjacent to an activating group) is 1. The van der Waals surface area contributed by atoms with Gasteiger partial charge >= 0.3 is 0 Å². The number of rotatable bonds is 1. The van der Waals surface area contributed by atoms with Crippen molar-refractivity contribution < 1.29 is 0 Å². The first-order valence-corrected chi connectivity index (χ1v) is 6.70. The van der Waals surface area contributed by atoms with Gasteiger partial charge in [0.15, 0.2) is 0 Å². The first-order valence-electron chi connectivity index (χ1n) is 6.70. The van der Waals surface area contributed by atoms with Crippen LogP contribution in [0.2, 0.25) is 0 Å². The Morgan fingerprint density at radius 2 is 2.00 bits per heavy atom. The highest BCUT2D eigenvalue weighted by atomic mass is 15.2. The molecule has 1 aliphatic carbocycles. The molecule has 0 aromatic heterocycles. The third-order valence-electron chi connectivity index (χ3n) is 3.88. The molecule has 1 nitrogen and oxygen atoms in total. The fraction of sp³-hybridized carbons (Fsp3) is 0.600. The number of benzene rings is 1. The highest BCUT2D eigenvalue weighted by Crippen LogP contribution is 2.39. The molecule has 1 saturated heterocycles. The van der Waals surface area contributed by atoms with Crippen molar-refractivity contribution in [3.8, 4) is 0 Å². The van der Waals surface area contributed by atoms with Crippen molar-refractivity contribution in [1.82, 2.24) is 4.90 Å². The Kier molecular flexibility index (Phi) is 3.65. The van der Waals surface area contributed by atoms with Crippen LogP contribution in [0.3, 0.4) is 0 Å². The molecule has 2 unspecified atom stereocenters. The Morgan fingerprint density at radius 1 is 1.25 bits per heavy atom. The molecule has 1 aliphatic heterocycles. The van der Waals surface area contributed by atoms with Crippen LogP contribution in [0.25, 0.3) is 0 Å². The molecule has 1 heterocycles. The van der Waals surface area contributed by atoms with E-state index < -0.39 is 0 Å². The maximum Gasteiger partial charge on any atom is 0.0142 e. The van der Waals surface area contributed by atoms with Gasteiger partial charge < -0.3 is 0 Å². The molecule has 1 fully saturated rings. The highest BCUT2D eigenvalue weighted by Gasteiger charge is 2.36. The second-order valence-corrected chi connectivity index (χ2v) is 4.58. The lowest BCUT2D eigenvalue weighted by molar-refractivity contribution is 0.268. The molecule has 1 heteroatoms. The quantitative estimate of drug-likeness (QED) is 0.696. The molecule has 2 bridgehead atoms. The van der Waals surface area contributed by atoms with Crippen molar-refractivity contribution in [3.05, 3.63) is 35.4 Å². The summed E-state index contributed by atoms with van der Waals surface area (Å²) in [4.78, 5) is 2.64. The molecule has 3 rings (SSSR count). The fourth-order valence-corrected chi connectivity index (χ4v) is 3.18. The number of likely N-dealkylation sites (tertiary alicyclic amines) is 1. The predicted octanol–water partition coefficient (Wildman–Crippen LogP) is 3.45. The van der Waals surface area contributed by atoms with Crippen molar-refractivity contribution in [2.75, 3.05) is 13.1 Å². The molecule has 0 saturated carbocycles. The monoisotopic (exact) mass is 217 g/mol. The standard InChI is InChI=1S/C13H17N.C2H6/c1-2-14-9-11-8-12(14)7-10-5-3-4-6-13(10)11;1-2/h3-6,11-12H,2,7-9H2,1H3;1-2H3. The predicted molar refractivity (Wildman–Crippen MR) is 69.9 cm³/mol. The fourth-order valence-electron chi connectivity index (χ4n) is 3.18. The lowest BCUT2D eigenvalue weighted by Crippen LogP contribution is -2.30. The van der Waals surface area contributed by atoms with E-state index >= 15 is 0 Å². The Morgan fingerprint density at radius 3 is 2.75 bits per heavy atom. The molecular weight excluding hydrogens is 194 g/mol. The summed E-state index contributed by atoms with van der Waals surface area (Å²) in [6, 6.07) is 9.84. The lowest BCUT2D eigenvalue weighted by atomic mass is 9.84. The maximum atomic E-state index is 2.64. The minimum atomic E-state index is 0.824. The van der Waals surface area contributed by atoms with Crippen molar-refractivity contribution in [2.45, 2.75) is 45.6 Å². The number of hydrogen-bond acceptors (Lipinski definition) is 1. The molecule has 0 spiro atoms. The third-order valence-corrected chi connectivity index (χ3v) is 3.88. The van der Waals surface area contributed by atoms with E-state index in [0.29, 0.717) is 0 Å². The van der Waals surface area contributed by atoms with E-state index in [1.165, 1.54) is 25.9 Å². The number of nitrogens with zero attached hydrogens (tertiary/aromatic N) is 1. The van der Waals surface area contributed by atoms with Crippen LogP contribution in [0.15, 0.2) is 24.3 Å². The van der Waals surface area contributed by atoms with Crippen LogP contribution in [-0.4, -0.2) is 24.0 Å². The van der Waals surface area contributed by atoms with E-state index in [2.05, 4.69) is 36.1 Å². The summed E-state index contributed by atoms with van der Waals surface area (Å²) in [6.45, 7) is 8.79. The summed E-state index contributed by atoms with van der Waals surface area (Å²) >= 11 is 0. The molecule has 2 atom stereocenters. The van der Waals surface area contributed by atoms with Gasteiger partial charge in [0.1, 0.15) is 0 Å². The number of hydrogen-bond donors (Lipinski definition) is 0. The zero-order valence-corrected chi connectivity index (χ0v) is 10.7. The molecule has 88 valence electrons. The summed E-state index contributed by atoms with van der Waals surface area (Å²) in [6.07, 6.45) is 2.67. The molecular formula is C15H23N. The van der Waals surface area contributed by atoms with Crippen LogP contribution < -0.4 is 0 Å². The van der Waals surface area contributed by atoms with Gasteiger partial charge in [0.05, 0.1) is 0 Å². The molecule has 0 radical (unpaired) electrons. The van der Waals surface area contributed by atoms with Crippen molar-refractivity contribution in [1.29, 1.82) is 0 Å². The molecule has 0 amide bonds. The largest absolute Gasteiger partial charge is 0.300 e. The summed E-state index contributed by atoms with van der Waals surface area (Å²) in [5.41, 5.74) is 3.23. The van der Waals surface area contributed by atoms with Crippen LogP contribution in [0, 0.1) is 0 Å². The maximum absolute atomic E-state index is 2.64. The van der Waals surface area contributed by atoms with Crippen molar-refractivity contribution in [2.24, 2.45) is 0 Å². The Labute approximate surface area is 99.5 Å². The van der Waals surface area contributed by atoms with Gasteiger partial charge in [0, 0.05) is 12.6 Å². The highest BCUT2D eigenvalue weighted by molar-refractivity contribution is 5.36. The van der Waals surface area contributed by atoms with Gasteiger partial charge in [-0.05, 0) is 36.4 Å². The van der Waals surface area contributed by atoms with Gasteiger partial charge in [-0.3, -0.25) is 4.90 Å². The molecule has 1 aromatic carbocycles. The van der Waals surface area contributed by atoms with Gasteiger partial charge in [0.2, 0.25) is 0 Å². The topological polar surface area (TPSA) is 3.24 Å². The minimum Gasteiger partial charge on any atom is -0.300 e. The summed E-state index contributed by atoms with van der Waals surface area (Å²) in [5.74, 6) is 0.824. The van der Waals surface area contributed by atoms with E-state index in [-0.39, 0.29) is 0 Å². The average molecular weight is 217 g/mol. The summed E-state index contributed by atoms with van der Waals surface area (Å²) in [5, 5.41) is 0. The van der Waals surface area contributed by atoms with Crippen LogP contribution in [0.4, 0.5) is 0 Å². The van der Waals surface area contributed by atoms with Crippen molar-refractivity contribution >= 4 is 0 Å². The van der Waals surface area contributed by atoms with E-state index in [9.17, 15) is 0 Å². The normalized spacial score (nSPS) is 26.9. The molecule has 2 aliphatic rings.